The van der Waals surface area contributed by atoms with E-state index in [2.05, 4.69) is 5.32 Å². The van der Waals surface area contributed by atoms with Gasteiger partial charge < -0.3 is 19.5 Å². The lowest BCUT2D eigenvalue weighted by Crippen LogP contribution is -2.32. The summed E-state index contributed by atoms with van der Waals surface area (Å²) in [5, 5.41) is 3.46. The van der Waals surface area contributed by atoms with Gasteiger partial charge in [0.2, 0.25) is 11.7 Å². The van der Waals surface area contributed by atoms with E-state index in [1.165, 1.54) is 11.8 Å². The molecule has 0 aliphatic heterocycles. The maximum Gasteiger partial charge on any atom is 0.233 e. The molecule has 0 aliphatic carbocycles. The van der Waals surface area contributed by atoms with Crippen molar-refractivity contribution in [1.29, 1.82) is 0 Å². The summed E-state index contributed by atoms with van der Waals surface area (Å²) in [7, 11) is 4.69. The van der Waals surface area contributed by atoms with E-state index in [0.29, 0.717) is 35.2 Å². The molecule has 0 saturated heterocycles. The van der Waals surface area contributed by atoms with Gasteiger partial charge in [0.1, 0.15) is 0 Å². The van der Waals surface area contributed by atoms with Crippen molar-refractivity contribution in [2.75, 3.05) is 21.3 Å². The maximum absolute atomic E-state index is 12.6. The Labute approximate surface area is 169 Å². The van der Waals surface area contributed by atoms with Gasteiger partial charge in [-0.3, -0.25) is 4.79 Å². The lowest BCUT2D eigenvalue weighted by molar-refractivity contribution is -0.120. The first-order chi connectivity index (χ1) is 13.0. The molecule has 0 fully saturated rings. The summed E-state index contributed by atoms with van der Waals surface area (Å²) in [5.41, 5.74) is 0.815. The molecule has 27 heavy (non-hydrogen) atoms. The van der Waals surface area contributed by atoms with Crippen LogP contribution >= 0.6 is 23.4 Å². The minimum atomic E-state index is -0.197. The van der Waals surface area contributed by atoms with Crippen LogP contribution in [0.15, 0.2) is 41.3 Å². The first kappa shape index (κ1) is 21.3. The van der Waals surface area contributed by atoms with Gasteiger partial charge in [-0.15, -0.1) is 11.8 Å². The zero-order chi connectivity index (χ0) is 19.8. The Morgan fingerprint density at radius 3 is 2.26 bits per heavy atom. The minimum absolute atomic E-state index is 0.0331. The molecular formula is C20H24ClNO4S. The fourth-order valence-corrected chi connectivity index (χ4v) is 3.70. The molecule has 0 heterocycles. The van der Waals surface area contributed by atoms with Gasteiger partial charge in [0.25, 0.3) is 0 Å². The third-order valence-electron chi connectivity index (χ3n) is 3.99. The van der Waals surface area contributed by atoms with E-state index >= 15 is 0 Å². The molecule has 2 rings (SSSR count). The number of thioether (sulfide) groups is 1. The molecule has 5 nitrogen and oxygen atoms in total. The lowest BCUT2D eigenvalue weighted by Gasteiger charge is -2.18. The van der Waals surface area contributed by atoms with Gasteiger partial charge in [0.15, 0.2) is 11.5 Å². The molecule has 1 N–H and O–H groups in total. The van der Waals surface area contributed by atoms with E-state index in [1.807, 2.05) is 37.3 Å². The van der Waals surface area contributed by atoms with Crippen LogP contribution in [0.2, 0.25) is 5.02 Å². The molecule has 0 spiro atoms. The van der Waals surface area contributed by atoms with Crippen LogP contribution < -0.4 is 19.5 Å². The fourth-order valence-electron chi connectivity index (χ4n) is 2.60. The number of ether oxygens (including phenoxy) is 3. The summed E-state index contributed by atoms with van der Waals surface area (Å²) in [6, 6.07) is 11.1. The Bertz CT molecular complexity index is 767. The van der Waals surface area contributed by atoms with Crippen molar-refractivity contribution in [3.63, 3.8) is 0 Å². The first-order valence-corrected chi connectivity index (χ1v) is 9.77. The van der Waals surface area contributed by atoms with E-state index in [9.17, 15) is 4.79 Å². The summed E-state index contributed by atoms with van der Waals surface area (Å²) in [6.45, 7) is 2.32. The van der Waals surface area contributed by atoms with Gasteiger partial charge in [-0.2, -0.15) is 0 Å². The lowest BCUT2D eigenvalue weighted by atomic mass is 10.1. The average Bonchev–Trinajstić information content (AvgIpc) is 2.70. The van der Waals surface area contributed by atoms with E-state index in [4.69, 9.17) is 25.8 Å². The number of hydrogen-bond acceptors (Lipinski definition) is 5. The van der Waals surface area contributed by atoms with Crippen LogP contribution in [0.25, 0.3) is 0 Å². The highest BCUT2D eigenvalue weighted by Crippen LogP contribution is 2.39. The molecule has 0 unspecified atom stereocenters. The molecule has 1 atom stereocenters. The SMILES string of the molecule is CC[C@H](Sc1ccc(Cl)cc1)C(=O)NCc1ccc(OC)c(OC)c1OC. The van der Waals surface area contributed by atoms with Crippen molar-refractivity contribution in [1.82, 2.24) is 5.32 Å². The highest BCUT2D eigenvalue weighted by Gasteiger charge is 2.20. The molecule has 146 valence electrons. The zero-order valence-electron chi connectivity index (χ0n) is 15.9. The predicted molar refractivity (Wildman–Crippen MR) is 109 cm³/mol. The number of benzene rings is 2. The predicted octanol–water partition coefficient (Wildman–Crippen LogP) is 4.55. The normalized spacial score (nSPS) is 11.6. The van der Waals surface area contributed by atoms with Crippen molar-refractivity contribution in [3.05, 3.63) is 47.0 Å². The van der Waals surface area contributed by atoms with Crippen LogP contribution in [0.1, 0.15) is 18.9 Å². The monoisotopic (exact) mass is 409 g/mol. The van der Waals surface area contributed by atoms with Crippen LogP contribution in [0.3, 0.4) is 0 Å². The second-order valence-corrected chi connectivity index (χ2v) is 7.39. The van der Waals surface area contributed by atoms with Gasteiger partial charge in [-0.1, -0.05) is 18.5 Å². The van der Waals surface area contributed by atoms with E-state index < -0.39 is 0 Å². The van der Waals surface area contributed by atoms with E-state index in [0.717, 1.165) is 10.5 Å². The molecule has 7 heteroatoms. The molecule has 0 aromatic heterocycles. The zero-order valence-corrected chi connectivity index (χ0v) is 17.4. The highest BCUT2D eigenvalue weighted by molar-refractivity contribution is 8.00. The van der Waals surface area contributed by atoms with E-state index in [1.54, 1.807) is 27.4 Å². The Hall–Kier alpha value is -2.05. The minimum Gasteiger partial charge on any atom is -0.493 e. The topological polar surface area (TPSA) is 56.8 Å². The standard InChI is InChI=1S/C20H24ClNO4S/c1-5-17(27-15-9-7-14(21)8-10-15)20(23)22-12-13-6-11-16(24-2)19(26-4)18(13)25-3/h6-11,17H,5,12H2,1-4H3,(H,22,23)/t17-/m0/s1. The smallest absolute Gasteiger partial charge is 0.233 e. The number of carbonyl (C=O) groups is 1. The third-order valence-corrected chi connectivity index (χ3v) is 5.62. The molecule has 1 amide bonds. The highest BCUT2D eigenvalue weighted by atomic mass is 35.5. The van der Waals surface area contributed by atoms with Crippen molar-refractivity contribution in [3.8, 4) is 17.2 Å². The molecule has 0 aliphatic rings. The van der Waals surface area contributed by atoms with Gasteiger partial charge >= 0.3 is 0 Å². The van der Waals surface area contributed by atoms with Gasteiger partial charge in [-0.05, 0) is 42.8 Å². The molecule has 2 aromatic rings. The molecule has 0 saturated carbocycles. The van der Waals surface area contributed by atoms with Gasteiger partial charge in [0.05, 0.1) is 26.6 Å². The Morgan fingerprint density at radius 2 is 1.70 bits per heavy atom. The molecule has 0 bridgehead atoms. The van der Waals surface area contributed by atoms with Crippen molar-refractivity contribution in [2.45, 2.75) is 30.0 Å². The number of rotatable bonds is 9. The fraction of sp³-hybridized carbons (Fsp3) is 0.350. The van der Waals surface area contributed by atoms with Crippen molar-refractivity contribution >= 4 is 29.3 Å². The summed E-state index contributed by atoms with van der Waals surface area (Å²) in [5.74, 6) is 1.60. The summed E-state index contributed by atoms with van der Waals surface area (Å²) >= 11 is 7.44. The Morgan fingerprint density at radius 1 is 1.04 bits per heavy atom. The summed E-state index contributed by atoms with van der Waals surface area (Å²) in [6.07, 6.45) is 0.711. The second-order valence-electron chi connectivity index (χ2n) is 5.68. The van der Waals surface area contributed by atoms with Crippen LogP contribution in [-0.2, 0) is 11.3 Å². The Balaban J connectivity index is 2.08. The van der Waals surface area contributed by atoms with Crippen LogP contribution in [0.4, 0.5) is 0 Å². The number of hydrogen-bond donors (Lipinski definition) is 1. The Kier molecular flexibility index (Phi) is 8.13. The summed E-state index contributed by atoms with van der Waals surface area (Å²) in [4.78, 5) is 13.6. The summed E-state index contributed by atoms with van der Waals surface area (Å²) < 4.78 is 16.1. The molecule has 0 radical (unpaired) electrons. The van der Waals surface area contributed by atoms with Gasteiger partial charge in [-0.25, -0.2) is 0 Å². The average molecular weight is 410 g/mol. The van der Waals surface area contributed by atoms with Crippen molar-refractivity contribution < 1.29 is 19.0 Å². The van der Waals surface area contributed by atoms with Crippen LogP contribution in [-0.4, -0.2) is 32.5 Å². The molecular weight excluding hydrogens is 386 g/mol. The van der Waals surface area contributed by atoms with Crippen molar-refractivity contribution in [2.24, 2.45) is 0 Å². The number of methoxy groups -OCH3 is 3. The first-order valence-electron chi connectivity index (χ1n) is 8.51. The molecule has 2 aromatic carbocycles. The second kappa shape index (κ2) is 10.3. The van der Waals surface area contributed by atoms with Crippen LogP contribution in [0.5, 0.6) is 17.2 Å². The third kappa shape index (κ3) is 5.47. The van der Waals surface area contributed by atoms with Crippen LogP contribution in [0, 0.1) is 0 Å². The maximum atomic E-state index is 12.6. The van der Waals surface area contributed by atoms with Gasteiger partial charge in [0, 0.05) is 22.0 Å². The van der Waals surface area contributed by atoms with E-state index in [-0.39, 0.29) is 11.2 Å². The number of nitrogens with one attached hydrogen (secondary N) is 1. The number of halogens is 1. The number of amides is 1. The largest absolute Gasteiger partial charge is 0.493 e. The number of carbonyl (C=O) groups excluding carboxylic acids is 1. The quantitative estimate of drug-likeness (QED) is 0.615.